The maximum atomic E-state index is 13.6. The quantitative estimate of drug-likeness (QED) is 0.624. The Morgan fingerprint density at radius 3 is 2.52 bits per heavy atom. The Kier molecular flexibility index (Phi) is 3.66. The zero-order valence-electron chi connectivity index (χ0n) is 12.9. The third-order valence-corrected chi connectivity index (χ3v) is 3.65. The number of halogens is 1. The molecule has 4 rings (SSSR count). The molecule has 6 nitrogen and oxygen atoms in total. The molecule has 0 aliphatic rings. The molecule has 0 spiro atoms. The van der Waals surface area contributed by atoms with Crippen molar-refractivity contribution in [3.05, 3.63) is 83.4 Å². The number of aromatic nitrogens is 4. The number of hydrogen-bond acceptors (Lipinski definition) is 5. The number of nitrogens with one attached hydrogen (secondary N) is 1. The largest absolute Gasteiger partial charge is 0.324 e. The van der Waals surface area contributed by atoms with E-state index < -0.39 is 5.82 Å². The van der Waals surface area contributed by atoms with Gasteiger partial charge in [-0.25, -0.2) is 13.9 Å². The van der Waals surface area contributed by atoms with Gasteiger partial charge in [-0.2, -0.15) is 0 Å². The lowest BCUT2D eigenvalue weighted by Crippen LogP contribution is -2.23. The monoisotopic (exact) mass is 333 g/mol. The van der Waals surface area contributed by atoms with Crippen molar-refractivity contribution in [2.24, 2.45) is 0 Å². The summed E-state index contributed by atoms with van der Waals surface area (Å²) in [5, 5.41) is 3.28. The summed E-state index contributed by atoms with van der Waals surface area (Å²) in [6.07, 6.45) is 6.42. The minimum absolute atomic E-state index is 0.195. The highest BCUT2D eigenvalue weighted by molar-refractivity contribution is 5.80. The van der Waals surface area contributed by atoms with Crippen LogP contribution in [-0.2, 0) is 0 Å². The number of benzene rings is 1. The molecule has 7 heteroatoms. The molecule has 122 valence electrons. The van der Waals surface area contributed by atoms with Crippen molar-refractivity contribution < 1.29 is 4.39 Å². The molecule has 1 aromatic carbocycles. The second kappa shape index (κ2) is 6.12. The smallest absolute Gasteiger partial charge is 0.267 e. The van der Waals surface area contributed by atoms with Gasteiger partial charge in [0.15, 0.2) is 0 Å². The van der Waals surface area contributed by atoms with E-state index in [0.29, 0.717) is 22.8 Å². The maximum Gasteiger partial charge on any atom is 0.267 e. The Morgan fingerprint density at radius 1 is 1.00 bits per heavy atom. The first-order chi connectivity index (χ1) is 12.2. The molecular formula is C18H12FN5O. The molecule has 0 saturated heterocycles. The molecule has 0 amide bonds. The van der Waals surface area contributed by atoms with Gasteiger partial charge in [-0.1, -0.05) is 0 Å². The van der Waals surface area contributed by atoms with Crippen LogP contribution in [0.15, 0.2) is 72.0 Å². The molecule has 0 aliphatic carbocycles. The van der Waals surface area contributed by atoms with Crippen molar-refractivity contribution in [3.63, 3.8) is 0 Å². The molecule has 3 aromatic heterocycles. The first kappa shape index (κ1) is 14.9. The lowest BCUT2D eigenvalue weighted by Gasteiger charge is -2.14. The van der Waals surface area contributed by atoms with Crippen LogP contribution in [0.5, 0.6) is 0 Å². The summed E-state index contributed by atoms with van der Waals surface area (Å²) in [7, 11) is 0. The van der Waals surface area contributed by atoms with E-state index in [1.165, 1.54) is 22.8 Å². The molecule has 0 radical (unpaired) electrons. The summed E-state index contributed by atoms with van der Waals surface area (Å²) in [5.41, 5.74) is 1.22. The van der Waals surface area contributed by atoms with Crippen molar-refractivity contribution in [1.29, 1.82) is 0 Å². The molecule has 0 saturated carbocycles. The van der Waals surface area contributed by atoms with E-state index in [0.717, 1.165) is 0 Å². The van der Waals surface area contributed by atoms with E-state index in [2.05, 4.69) is 20.3 Å². The summed E-state index contributed by atoms with van der Waals surface area (Å²) in [5.74, 6) is -0.192. The van der Waals surface area contributed by atoms with Crippen molar-refractivity contribution in [3.8, 4) is 5.69 Å². The molecule has 0 unspecified atom stereocenters. The highest BCUT2D eigenvalue weighted by Gasteiger charge is 2.14. The molecule has 1 N–H and O–H groups in total. The van der Waals surface area contributed by atoms with E-state index in [4.69, 9.17) is 0 Å². The average molecular weight is 333 g/mol. The minimum Gasteiger partial charge on any atom is -0.324 e. The molecule has 25 heavy (non-hydrogen) atoms. The summed E-state index contributed by atoms with van der Waals surface area (Å²) < 4.78 is 14.9. The number of pyridine rings is 2. The maximum absolute atomic E-state index is 13.6. The van der Waals surface area contributed by atoms with Crippen molar-refractivity contribution in [1.82, 2.24) is 19.5 Å². The SMILES string of the molecule is O=c1c2cc(F)ccc2nc(Nc2cccnc2)n1-c1cccnc1. The van der Waals surface area contributed by atoms with Crippen LogP contribution in [0.3, 0.4) is 0 Å². The van der Waals surface area contributed by atoms with Gasteiger partial charge in [-0.15, -0.1) is 0 Å². The van der Waals surface area contributed by atoms with Crippen LogP contribution in [-0.4, -0.2) is 19.5 Å². The second-order valence-electron chi connectivity index (χ2n) is 5.32. The first-order valence-electron chi connectivity index (χ1n) is 7.52. The third kappa shape index (κ3) is 2.83. The van der Waals surface area contributed by atoms with E-state index in [9.17, 15) is 9.18 Å². The zero-order valence-corrected chi connectivity index (χ0v) is 12.9. The van der Waals surface area contributed by atoms with Gasteiger partial charge in [0.1, 0.15) is 5.82 Å². The Hall–Kier alpha value is -3.61. The van der Waals surface area contributed by atoms with Crippen LogP contribution in [0.2, 0.25) is 0 Å². The normalized spacial score (nSPS) is 10.8. The van der Waals surface area contributed by atoms with E-state index in [1.54, 1.807) is 43.0 Å². The summed E-state index contributed by atoms with van der Waals surface area (Å²) in [4.78, 5) is 25.5. The lowest BCUT2D eigenvalue weighted by atomic mass is 10.2. The average Bonchev–Trinajstić information content (AvgIpc) is 2.64. The number of hydrogen-bond donors (Lipinski definition) is 1. The molecule has 0 atom stereocenters. The Labute approximate surface area is 141 Å². The predicted molar refractivity (Wildman–Crippen MR) is 92.6 cm³/mol. The van der Waals surface area contributed by atoms with Gasteiger partial charge in [0.2, 0.25) is 5.95 Å². The molecule has 0 fully saturated rings. The number of anilines is 2. The van der Waals surface area contributed by atoms with Crippen molar-refractivity contribution in [2.75, 3.05) is 5.32 Å². The van der Waals surface area contributed by atoms with Crippen LogP contribution < -0.4 is 10.9 Å². The topological polar surface area (TPSA) is 72.7 Å². The summed E-state index contributed by atoms with van der Waals surface area (Å²) >= 11 is 0. The molecule has 4 aromatic rings. The van der Waals surface area contributed by atoms with Gasteiger partial charge in [-0.05, 0) is 42.5 Å². The van der Waals surface area contributed by atoms with Gasteiger partial charge >= 0.3 is 0 Å². The van der Waals surface area contributed by atoms with Gasteiger partial charge in [-0.3, -0.25) is 14.8 Å². The summed E-state index contributed by atoms with van der Waals surface area (Å²) in [6, 6.07) is 11.0. The zero-order chi connectivity index (χ0) is 17.2. The van der Waals surface area contributed by atoms with Crippen LogP contribution in [0.1, 0.15) is 0 Å². The van der Waals surface area contributed by atoms with Crippen LogP contribution in [0.4, 0.5) is 16.0 Å². The van der Waals surface area contributed by atoms with Crippen LogP contribution >= 0.6 is 0 Å². The number of fused-ring (bicyclic) bond motifs is 1. The fourth-order valence-corrected chi connectivity index (χ4v) is 2.53. The molecule has 3 heterocycles. The van der Waals surface area contributed by atoms with Crippen molar-refractivity contribution in [2.45, 2.75) is 0 Å². The van der Waals surface area contributed by atoms with Gasteiger partial charge in [0.25, 0.3) is 5.56 Å². The highest BCUT2D eigenvalue weighted by atomic mass is 19.1. The number of nitrogens with zero attached hydrogens (tertiary/aromatic N) is 4. The van der Waals surface area contributed by atoms with Gasteiger partial charge in [0, 0.05) is 12.4 Å². The number of rotatable bonds is 3. The highest BCUT2D eigenvalue weighted by Crippen LogP contribution is 2.19. The fraction of sp³-hybridized carbons (Fsp3) is 0. The molecular weight excluding hydrogens is 321 g/mol. The first-order valence-corrected chi connectivity index (χ1v) is 7.52. The third-order valence-electron chi connectivity index (χ3n) is 3.65. The minimum atomic E-state index is -0.489. The Balaban J connectivity index is 1.99. The van der Waals surface area contributed by atoms with E-state index >= 15 is 0 Å². The predicted octanol–water partition coefficient (Wildman–Crippen LogP) is 3.06. The fourth-order valence-electron chi connectivity index (χ4n) is 2.53. The van der Waals surface area contributed by atoms with Crippen molar-refractivity contribution >= 4 is 22.5 Å². The van der Waals surface area contributed by atoms with Crippen LogP contribution in [0.25, 0.3) is 16.6 Å². The molecule has 0 bridgehead atoms. The van der Waals surface area contributed by atoms with E-state index in [-0.39, 0.29) is 10.9 Å². The standard InChI is InChI=1S/C18H12FN5O/c19-12-5-6-16-15(9-12)17(25)24(14-4-2-8-21-11-14)18(23-16)22-13-3-1-7-20-10-13/h1-11H,(H,22,23). The van der Waals surface area contributed by atoms with E-state index in [1.807, 2.05) is 6.07 Å². The Morgan fingerprint density at radius 2 is 1.80 bits per heavy atom. The molecule has 0 aliphatic heterocycles. The summed E-state index contributed by atoms with van der Waals surface area (Å²) in [6.45, 7) is 0. The van der Waals surface area contributed by atoms with Gasteiger partial charge in [0.05, 0.1) is 34.7 Å². The Bertz CT molecular complexity index is 1100. The van der Waals surface area contributed by atoms with Gasteiger partial charge < -0.3 is 5.32 Å². The second-order valence-corrected chi connectivity index (χ2v) is 5.32. The lowest BCUT2D eigenvalue weighted by molar-refractivity contribution is 0.629. The van der Waals surface area contributed by atoms with Crippen LogP contribution in [0, 0.1) is 5.82 Å².